The van der Waals surface area contributed by atoms with Crippen LogP contribution in [0.15, 0.2) is 41.4 Å². The van der Waals surface area contributed by atoms with Crippen molar-refractivity contribution in [1.82, 2.24) is 4.57 Å². The third kappa shape index (κ3) is 3.86. The molecule has 0 aliphatic carbocycles. The number of thiazole rings is 1. The normalized spacial score (nSPS) is 11.9. The Morgan fingerprint density at radius 3 is 2.50 bits per heavy atom. The monoisotopic (exact) mass is 370 g/mol. The molecule has 0 unspecified atom stereocenters. The average molecular weight is 370 g/mol. The fourth-order valence-electron chi connectivity index (χ4n) is 2.91. The first kappa shape index (κ1) is 18.4. The first-order chi connectivity index (χ1) is 12.5. The highest BCUT2D eigenvalue weighted by Gasteiger charge is 2.11. The molecule has 136 valence electrons. The lowest BCUT2D eigenvalue weighted by atomic mass is 10.1. The smallest absolute Gasteiger partial charge is 0.279 e. The van der Waals surface area contributed by atoms with Crippen molar-refractivity contribution in [2.24, 2.45) is 4.99 Å². The van der Waals surface area contributed by atoms with Crippen LogP contribution in [0.4, 0.5) is 0 Å². The van der Waals surface area contributed by atoms with Gasteiger partial charge in [-0.25, -0.2) is 0 Å². The highest BCUT2D eigenvalue weighted by Crippen LogP contribution is 2.23. The lowest BCUT2D eigenvalue weighted by Gasteiger charge is -2.05. The minimum absolute atomic E-state index is 0.235. The summed E-state index contributed by atoms with van der Waals surface area (Å²) in [6.45, 7) is 5.13. The fourth-order valence-corrected chi connectivity index (χ4v) is 4.00. The number of aromatic nitrogens is 1. The van der Waals surface area contributed by atoms with E-state index < -0.39 is 0 Å². The van der Waals surface area contributed by atoms with Crippen LogP contribution in [0.3, 0.4) is 0 Å². The molecule has 0 saturated carbocycles. The Morgan fingerprint density at radius 2 is 1.85 bits per heavy atom. The molecule has 26 heavy (non-hydrogen) atoms. The number of amides is 1. The highest BCUT2D eigenvalue weighted by atomic mass is 32.1. The fraction of sp³-hybridized carbons (Fsp3) is 0.300. The second-order valence-corrected chi connectivity index (χ2v) is 7.17. The number of carbonyl (C=O) groups is 1. The van der Waals surface area contributed by atoms with Crippen molar-refractivity contribution >= 4 is 27.5 Å². The van der Waals surface area contributed by atoms with Crippen molar-refractivity contribution in [3.8, 4) is 5.75 Å². The summed E-state index contributed by atoms with van der Waals surface area (Å²) in [6, 6.07) is 11.6. The number of hydrogen-bond donors (Lipinski definition) is 0. The van der Waals surface area contributed by atoms with Gasteiger partial charge in [0.1, 0.15) is 5.75 Å². The zero-order valence-corrected chi connectivity index (χ0v) is 16.2. The summed E-state index contributed by atoms with van der Waals surface area (Å²) >= 11 is 1.48. The molecule has 0 bridgehead atoms. The lowest BCUT2D eigenvalue weighted by Crippen LogP contribution is -2.19. The molecule has 0 fully saturated rings. The van der Waals surface area contributed by atoms with E-state index in [1.807, 2.05) is 54.8 Å². The van der Waals surface area contributed by atoms with Gasteiger partial charge in [0.2, 0.25) is 0 Å². The molecule has 0 aliphatic heterocycles. The molecule has 0 atom stereocenters. The maximum absolute atomic E-state index is 12.7. The molecule has 2 aromatic carbocycles. The van der Waals surface area contributed by atoms with E-state index in [4.69, 9.17) is 9.47 Å². The highest BCUT2D eigenvalue weighted by molar-refractivity contribution is 7.16. The molecule has 0 spiro atoms. The number of carbonyl (C=O) groups excluding carboxylic acids is 1. The van der Waals surface area contributed by atoms with Gasteiger partial charge in [0, 0.05) is 19.2 Å². The number of aryl methyl sites for hydroxylation is 2. The van der Waals surface area contributed by atoms with E-state index in [9.17, 15) is 4.79 Å². The van der Waals surface area contributed by atoms with Gasteiger partial charge in [-0.1, -0.05) is 28.5 Å². The van der Waals surface area contributed by atoms with Crippen LogP contribution in [0.2, 0.25) is 0 Å². The van der Waals surface area contributed by atoms with Crippen molar-refractivity contribution in [3.05, 3.63) is 57.9 Å². The molecule has 1 aromatic heterocycles. The minimum Gasteiger partial charge on any atom is -0.497 e. The number of fused-ring (bicyclic) bond motifs is 1. The molecule has 0 N–H and O–H groups in total. The summed E-state index contributed by atoms with van der Waals surface area (Å²) in [5, 5.41) is 0. The first-order valence-electron chi connectivity index (χ1n) is 8.35. The predicted molar refractivity (Wildman–Crippen MR) is 104 cm³/mol. The summed E-state index contributed by atoms with van der Waals surface area (Å²) in [5.41, 5.74) is 3.73. The first-order valence-corrected chi connectivity index (χ1v) is 9.17. The Bertz CT molecular complexity index is 997. The molecule has 1 heterocycles. The van der Waals surface area contributed by atoms with E-state index in [-0.39, 0.29) is 5.91 Å². The predicted octanol–water partition coefficient (Wildman–Crippen LogP) is 3.72. The largest absolute Gasteiger partial charge is 0.497 e. The zero-order valence-electron chi connectivity index (χ0n) is 15.4. The van der Waals surface area contributed by atoms with Crippen LogP contribution < -0.4 is 9.54 Å². The van der Waals surface area contributed by atoms with E-state index in [1.54, 1.807) is 14.2 Å². The Kier molecular flexibility index (Phi) is 5.54. The molecule has 0 aliphatic rings. The quantitative estimate of drug-likeness (QED) is 0.688. The molecular formula is C20H22N2O3S. The van der Waals surface area contributed by atoms with Crippen molar-refractivity contribution < 1.29 is 14.3 Å². The summed E-state index contributed by atoms with van der Waals surface area (Å²) < 4.78 is 13.6. The molecule has 5 nitrogen and oxygen atoms in total. The molecular weight excluding hydrogens is 348 g/mol. The second kappa shape index (κ2) is 7.85. The van der Waals surface area contributed by atoms with Crippen LogP contribution in [-0.2, 0) is 11.3 Å². The van der Waals surface area contributed by atoms with E-state index in [0.29, 0.717) is 23.5 Å². The molecule has 0 saturated heterocycles. The van der Waals surface area contributed by atoms with Crippen LogP contribution in [0.1, 0.15) is 21.5 Å². The van der Waals surface area contributed by atoms with E-state index >= 15 is 0 Å². The second-order valence-electron chi connectivity index (χ2n) is 6.16. The van der Waals surface area contributed by atoms with Gasteiger partial charge >= 0.3 is 0 Å². The number of ether oxygens (including phenoxy) is 2. The number of benzene rings is 2. The summed E-state index contributed by atoms with van der Waals surface area (Å²) in [5.74, 6) is 0.548. The van der Waals surface area contributed by atoms with Gasteiger partial charge in [0.05, 0.1) is 23.9 Å². The van der Waals surface area contributed by atoms with Crippen LogP contribution in [-0.4, -0.2) is 31.3 Å². The van der Waals surface area contributed by atoms with Crippen molar-refractivity contribution in [2.45, 2.75) is 20.4 Å². The van der Waals surface area contributed by atoms with Crippen LogP contribution in [0, 0.1) is 13.8 Å². The molecule has 0 radical (unpaired) electrons. The van der Waals surface area contributed by atoms with Gasteiger partial charge in [0.15, 0.2) is 4.80 Å². The summed E-state index contributed by atoms with van der Waals surface area (Å²) in [6.07, 6.45) is 0. The number of nitrogens with zero attached hydrogens (tertiary/aromatic N) is 2. The Balaban J connectivity index is 2.12. The minimum atomic E-state index is -0.235. The van der Waals surface area contributed by atoms with Crippen LogP contribution >= 0.6 is 11.3 Å². The Morgan fingerprint density at radius 1 is 1.12 bits per heavy atom. The van der Waals surface area contributed by atoms with Crippen molar-refractivity contribution in [2.75, 3.05) is 20.8 Å². The Hall–Kier alpha value is -2.44. The van der Waals surface area contributed by atoms with Gasteiger partial charge in [-0.15, -0.1) is 0 Å². The van der Waals surface area contributed by atoms with E-state index in [1.165, 1.54) is 11.3 Å². The number of methoxy groups -OCH3 is 2. The third-order valence-electron chi connectivity index (χ3n) is 4.07. The summed E-state index contributed by atoms with van der Waals surface area (Å²) in [4.78, 5) is 17.8. The van der Waals surface area contributed by atoms with Gasteiger partial charge < -0.3 is 14.0 Å². The van der Waals surface area contributed by atoms with Crippen molar-refractivity contribution in [3.63, 3.8) is 0 Å². The average Bonchev–Trinajstić information content (AvgIpc) is 2.95. The van der Waals surface area contributed by atoms with Crippen molar-refractivity contribution in [1.29, 1.82) is 0 Å². The molecule has 6 heteroatoms. The van der Waals surface area contributed by atoms with Gasteiger partial charge in [0.25, 0.3) is 5.91 Å². The lowest BCUT2D eigenvalue weighted by molar-refractivity contribution is 0.0997. The van der Waals surface area contributed by atoms with Crippen LogP contribution in [0.5, 0.6) is 5.75 Å². The van der Waals surface area contributed by atoms with E-state index in [0.717, 1.165) is 27.1 Å². The zero-order chi connectivity index (χ0) is 18.7. The van der Waals surface area contributed by atoms with Crippen LogP contribution in [0.25, 0.3) is 10.2 Å². The van der Waals surface area contributed by atoms with Gasteiger partial charge in [-0.05, 0) is 44.2 Å². The maximum Gasteiger partial charge on any atom is 0.279 e. The van der Waals surface area contributed by atoms with Gasteiger partial charge in [-0.2, -0.15) is 4.99 Å². The Labute approximate surface area is 156 Å². The third-order valence-corrected chi connectivity index (χ3v) is 5.12. The SMILES string of the molecule is COCCn1c(=NC(=O)c2cc(C)cc(C)c2)sc2cc(OC)ccc21. The van der Waals surface area contributed by atoms with Gasteiger partial charge in [-0.3, -0.25) is 4.79 Å². The molecule has 1 amide bonds. The number of rotatable bonds is 5. The molecule has 3 aromatic rings. The maximum atomic E-state index is 12.7. The standard InChI is InChI=1S/C20H22N2O3S/c1-13-9-14(2)11-15(10-13)19(23)21-20-22(7-8-24-3)17-6-5-16(25-4)12-18(17)26-20/h5-6,9-12H,7-8H2,1-4H3. The topological polar surface area (TPSA) is 52.8 Å². The molecule has 3 rings (SSSR count). The number of hydrogen-bond acceptors (Lipinski definition) is 4. The van der Waals surface area contributed by atoms with E-state index in [2.05, 4.69) is 4.99 Å². The summed E-state index contributed by atoms with van der Waals surface area (Å²) in [7, 11) is 3.30.